The molecule has 0 bridgehead atoms. The second kappa shape index (κ2) is 8.10. The Morgan fingerprint density at radius 2 is 1.93 bits per heavy atom. The first-order chi connectivity index (χ1) is 13.7. The van der Waals surface area contributed by atoms with Crippen LogP contribution in [0.1, 0.15) is 30.0 Å². The third kappa shape index (κ3) is 3.73. The molecule has 0 unspecified atom stereocenters. The van der Waals surface area contributed by atoms with Crippen molar-refractivity contribution in [2.24, 2.45) is 0 Å². The molecular formula is C21H22ClN5OS. The van der Waals surface area contributed by atoms with E-state index in [-0.39, 0.29) is 18.0 Å². The summed E-state index contributed by atoms with van der Waals surface area (Å²) >= 11 is 1.57. The zero-order chi connectivity index (χ0) is 19.1. The molecule has 0 aliphatic carbocycles. The summed E-state index contributed by atoms with van der Waals surface area (Å²) in [5, 5.41) is 10.9. The van der Waals surface area contributed by atoms with E-state index in [1.165, 1.54) is 5.56 Å². The number of thiazole rings is 1. The van der Waals surface area contributed by atoms with Crippen molar-refractivity contribution < 1.29 is 0 Å². The minimum absolute atomic E-state index is 0. The van der Waals surface area contributed by atoms with E-state index < -0.39 is 0 Å². The minimum atomic E-state index is -0.0851. The summed E-state index contributed by atoms with van der Waals surface area (Å²) in [5.41, 5.74) is 5.76. The molecule has 150 valence electrons. The van der Waals surface area contributed by atoms with Crippen molar-refractivity contribution in [3.8, 4) is 21.8 Å². The Bertz CT molecular complexity index is 1190. The summed E-state index contributed by atoms with van der Waals surface area (Å²) in [6.07, 6.45) is 3.85. The number of nitrogens with one attached hydrogen (secondary N) is 2. The number of hydrogen-bond donors (Lipinski definition) is 2. The predicted molar refractivity (Wildman–Crippen MR) is 119 cm³/mol. The Balaban J connectivity index is 0.00000205. The number of aryl methyl sites for hydroxylation is 1. The number of hydrogen-bond acceptors (Lipinski definition) is 5. The SMILES string of the molecule is Cc1ccc(-c2csc(-c3cnn4c(C5CCNCC5)cc(=O)[nH]c34)n2)cc1.Cl. The van der Waals surface area contributed by atoms with Crippen LogP contribution >= 0.6 is 23.7 Å². The zero-order valence-corrected chi connectivity index (χ0v) is 17.6. The maximum atomic E-state index is 12.4. The summed E-state index contributed by atoms with van der Waals surface area (Å²) in [6, 6.07) is 10.0. The number of rotatable bonds is 3. The molecule has 0 radical (unpaired) electrons. The Hall–Kier alpha value is -2.48. The van der Waals surface area contributed by atoms with Crippen LogP contribution in [-0.4, -0.2) is 32.7 Å². The van der Waals surface area contributed by atoms with Crippen LogP contribution in [0.15, 0.2) is 46.7 Å². The lowest BCUT2D eigenvalue weighted by atomic mass is 9.94. The first-order valence-corrected chi connectivity index (χ1v) is 10.4. The van der Waals surface area contributed by atoms with Gasteiger partial charge in [0.1, 0.15) is 10.7 Å². The van der Waals surface area contributed by atoms with Crippen LogP contribution in [0.5, 0.6) is 0 Å². The molecule has 1 aliphatic heterocycles. The van der Waals surface area contributed by atoms with E-state index in [4.69, 9.17) is 4.98 Å². The molecule has 1 saturated heterocycles. The van der Waals surface area contributed by atoms with Gasteiger partial charge in [-0.05, 0) is 32.9 Å². The lowest BCUT2D eigenvalue weighted by Gasteiger charge is -2.23. The van der Waals surface area contributed by atoms with Crippen molar-refractivity contribution in [1.82, 2.24) is 24.9 Å². The molecular weight excluding hydrogens is 406 g/mol. The highest BCUT2D eigenvalue weighted by Crippen LogP contribution is 2.32. The van der Waals surface area contributed by atoms with Gasteiger partial charge in [0, 0.05) is 22.9 Å². The number of halogens is 1. The zero-order valence-electron chi connectivity index (χ0n) is 16.0. The van der Waals surface area contributed by atoms with Crippen molar-refractivity contribution in [3.05, 3.63) is 63.5 Å². The maximum absolute atomic E-state index is 12.4. The minimum Gasteiger partial charge on any atom is -0.317 e. The van der Waals surface area contributed by atoms with E-state index in [0.717, 1.165) is 59.1 Å². The fourth-order valence-electron chi connectivity index (χ4n) is 3.83. The van der Waals surface area contributed by atoms with Crippen molar-refractivity contribution in [2.75, 3.05) is 13.1 Å². The second-order valence-corrected chi connectivity index (χ2v) is 8.16. The second-order valence-electron chi connectivity index (χ2n) is 7.31. The van der Waals surface area contributed by atoms with E-state index in [9.17, 15) is 4.79 Å². The van der Waals surface area contributed by atoms with E-state index in [1.807, 2.05) is 10.7 Å². The molecule has 1 fully saturated rings. The Morgan fingerprint density at radius 3 is 2.69 bits per heavy atom. The molecule has 0 spiro atoms. The molecule has 6 nitrogen and oxygen atoms in total. The van der Waals surface area contributed by atoms with Crippen molar-refractivity contribution in [3.63, 3.8) is 0 Å². The standard InChI is InChI=1S/C21H21N5OS.ClH/c1-13-2-4-14(5-3-13)17-12-28-21(24-17)16-11-23-26-18(10-19(27)25-20(16)26)15-6-8-22-9-7-15;/h2-5,10-12,15,22H,6-9H2,1H3,(H,25,27);1H. The van der Waals surface area contributed by atoms with Crippen LogP contribution in [-0.2, 0) is 0 Å². The molecule has 4 aromatic rings. The number of nitrogens with zero attached hydrogens (tertiary/aromatic N) is 3. The fraction of sp³-hybridized carbons (Fsp3) is 0.286. The van der Waals surface area contributed by atoms with Gasteiger partial charge in [0.05, 0.1) is 23.1 Å². The molecule has 4 heterocycles. The van der Waals surface area contributed by atoms with Crippen molar-refractivity contribution in [2.45, 2.75) is 25.7 Å². The van der Waals surface area contributed by atoms with Gasteiger partial charge in [-0.25, -0.2) is 9.50 Å². The number of piperidine rings is 1. The van der Waals surface area contributed by atoms with E-state index in [0.29, 0.717) is 5.92 Å². The quantitative estimate of drug-likeness (QED) is 0.518. The third-order valence-corrected chi connectivity index (χ3v) is 6.25. The lowest BCUT2D eigenvalue weighted by Crippen LogP contribution is -2.28. The largest absolute Gasteiger partial charge is 0.317 e. The van der Waals surface area contributed by atoms with Crippen LogP contribution < -0.4 is 10.9 Å². The normalized spacial score (nSPS) is 14.8. The van der Waals surface area contributed by atoms with Crippen LogP contribution in [0.3, 0.4) is 0 Å². The van der Waals surface area contributed by atoms with Gasteiger partial charge in [0.2, 0.25) is 0 Å². The fourth-order valence-corrected chi connectivity index (χ4v) is 4.67. The molecule has 0 amide bonds. The summed E-state index contributed by atoms with van der Waals surface area (Å²) in [4.78, 5) is 20.1. The summed E-state index contributed by atoms with van der Waals surface area (Å²) in [7, 11) is 0. The molecule has 5 rings (SSSR count). The topological polar surface area (TPSA) is 75.1 Å². The molecule has 3 aromatic heterocycles. The maximum Gasteiger partial charge on any atom is 0.251 e. The number of aromatic amines is 1. The predicted octanol–water partition coefficient (Wildman–Crippen LogP) is 4.01. The van der Waals surface area contributed by atoms with Gasteiger partial charge in [-0.15, -0.1) is 23.7 Å². The highest BCUT2D eigenvalue weighted by atomic mass is 35.5. The summed E-state index contributed by atoms with van der Waals surface area (Å²) in [6.45, 7) is 4.02. The average Bonchev–Trinajstić information content (AvgIpc) is 3.35. The summed E-state index contributed by atoms with van der Waals surface area (Å²) in [5.74, 6) is 0.346. The average molecular weight is 428 g/mol. The Labute approximate surface area is 178 Å². The van der Waals surface area contributed by atoms with E-state index >= 15 is 0 Å². The van der Waals surface area contributed by atoms with Gasteiger partial charge in [0.15, 0.2) is 0 Å². The molecule has 29 heavy (non-hydrogen) atoms. The third-order valence-electron chi connectivity index (χ3n) is 5.37. The first-order valence-electron chi connectivity index (χ1n) is 9.53. The Kier molecular flexibility index (Phi) is 5.54. The van der Waals surface area contributed by atoms with Crippen LogP contribution in [0.4, 0.5) is 0 Å². The lowest BCUT2D eigenvalue weighted by molar-refractivity contribution is 0.446. The van der Waals surface area contributed by atoms with Crippen LogP contribution in [0, 0.1) is 6.92 Å². The summed E-state index contributed by atoms with van der Waals surface area (Å²) < 4.78 is 1.89. The monoisotopic (exact) mass is 427 g/mol. The van der Waals surface area contributed by atoms with Gasteiger partial charge in [-0.3, -0.25) is 4.79 Å². The van der Waals surface area contributed by atoms with Gasteiger partial charge in [0.25, 0.3) is 5.56 Å². The van der Waals surface area contributed by atoms with Crippen molar-refractivity contribution >= 4 is 29.4 Å². The smallest absolute Gasteiger partial charge is 0.251 e. The molecule has 8 heteroatoms. The molecule has 0 saturated carbocycles. The number of fused-ring (bicyclic) bond motifs is 1. The van der Waals surface area contributed by atoms with Gasteiger partial charge < -0.3 is 10.3 Å². The van der Waals surface area contributed by atoms with Gasteiger partial charge in [-0.2, -0.15) is 5.10 Å². The number of benzene rings is 1. The number of aromatic nitrogens is 4. The highest BCUT2D eigenvalue weighted by molar-refractivity contribution is 7.13. The van der Waals surface area contributed by atoms with Crippen LogP contribution in [0.25, 0.3) is 27.5 Å². The van der Waals surface area contributed by atoms with E-state index in [1.54, 1.807) is 17.4 Å². The Morgan fingerprint density at radius 1 is 1.17 bits per heavy atom. The number of H-pyrrole nitrogens is 1. The molecule has 1 aromatic carbocycles. The van der Waals surface area contributed by atoms with E-state index in [2.05, 4.69) is 52.0 Å². The van der Waals surface area contributed by atoms with Gasteiger partial charge >= 0.3 is 0 Å². The molecule has 2 N–H and O–H groups in total. The van der Waals surface area contributed by atoms with Gasteiger partial charge in [-0.1, -0.05) is 29.8 Å². The highest BCUT2D eigenvalue weighted by Gasteiger charge is 2.21. The first kappa shape index (κ1) is 19.8. The molecule has 0 atom stereocenters. The van der Waals surface area contributed by atoms with Crippen molar-refractivity contribution in [1.29, 1.82) is 0 Å². The van der Waals surface area contributed by atoms with Crippen LogP contribution in [0.2, 0.25) is 0 Å². The molecule has 1 aliphatic rings.